The van der Waals surface area contributed by atoms with Crippen LogP contribution in [0, 0.1) is 5.82 Å². The van der Waals surface area contributed by atoms with Gasteiger partial charge < -0.3 is 15.1 Å². The molecule has 1 saturated heterocycles. The number of nitrogens with zero attached hydrogens (tertiary/aromatic N) is 4. The number of amides is 3. The van der Waals surface area contributed by atoms with E-state index in [-0.39, 0.29) is 23.1 Å². The summed E-state index contributed by atoms with van der Waals surface area (Å²) in [5.41, 5.74) is 0.507. The number of nitrogens with one attached hydrogen (secondary N) is 1. The van der Waals surface area contributed by atoms with Gasteiger partial charge >= 0.3 is 0 Å². The smallest absolute Gasteiger partial charge is 0.290 e. The highest BCUT2D eigenvalue weighted by atomic mass is 19.1. The molecule has 9 heteroatoms. The Labute approximate surface area is 165 Å². The number of para-hydroxylation sites is 1. The molecular weight excluding hydrogens is 377 g/mol. The summed E-state index contributed by atoms with van der Waals surface area (Å²) >= 11 is 0. The van der Waals surface area contributed by atoms with Gasteiger partial charge in [-0.05, 0) is 24.3 Å². The summed E-state index contributed by atoms with van der Waals surface area (Å²) in [5, 5.41) is 2.50. The minimum absolute atomic E-state index is 0.0312. The maximum absolute atomic E-state index is 13.9. The first-order valence-electron chi connectivity index (χ1n) is 9.10. The predicted octanol–water partition coefficient (Wildman–Crippen LogP) is 1.64. The fourth-order valence-electron chi connectivity index (χ4n) is 3.27. The SMILES string of the molecule is O=CN1CCN(C(=O)c2nc(C(=O)Nc3ccccc3F)c3ccccn23)CC1. The molecule has 1 aliphatic rings. The zero-order valence-electron chi connectivity index (χ0n) is 15.4. The van der Waals surface area contributed by atoms with Crippen molar-refractivity contribution >= 4 is 29.4 Å². The van der Waals surface area contributed by atoms with E-state index < -0.39 is 11.7 Å². The fourth-order valence-corrected chi connectivity index (χ4v) is 3.27. The number of imidazole rings is 1. The molecule has 0 unspecified atom stereocenters. The molecule has 1 N–H and O–H groups in total. The van der Waals surface area contributed by atoms with Crippen molar-refractivity contribution in [1.82, 2.24) is 19.2 Å². The van der Waals surface area contributed by atoms with E-state index in [1.54, 1.807) is 44.7 Å². The molecular formula is C20H18FN5O3. The maximum atomic E-state index is 13.9. The van der Waals surface area contributed by atoms with Gasteiger partial charge in [0.25, 0.3) is 11.8 Å². The van der Waals surface area contributed by atoms with Crippen molar-refractivity contribution < 1.29 is 18.8 Å². The van der Waals surface area contributed by atoms with Crippen LogP contribution in [-0.2, 0) is 4.79 Å². The number of carbonyl (C=O) groups is 3. The highest BCUT2D eigenvalue weighted by Gasteiger charge is 2.27. The number of anilines is 1. The van der Waals surface area contributed by atoms with Crippen molar-refractivity contribution in [3.05, 3.63) is 66.0 Å². The molecule has 148 valence electrons. The van der Waals surface area contributed by atoms with Crippen molar-refractivity contribution in [3.63, 3.8) is 0 Å². The summed E-state index contributed by atoms with van der Waals surface area (Å²) in [6.45, 7) is 1.66. The summed E-state index contributed by atoms with van der Waals surface area (Å²) in [7, 11) is 0. The van der Waals surface area contributed by atoms with Gasteiger partial charge in [-0.1, -0.05) is 18.2 Å². The average Bonchev–Trinajstić information content (AvgIpc) is 3.15. The first kappa shape index (κ1) is 18.6. The molecule has 0 aliphatic carbocycles. The van der Waals surface area contributed by atoms with Crippen molar-refractivity contribution in [2.75, 3.05) is 31.5 Å². The Balaban J connectivity index is 1.65. The highest BCUT2D eigenvalue weighted by molar-refractivity contribution is 6.09. The van der Waals surface area contributed by atoms with Gasteiger partial charge in [0, 0.05) is 32.4 Å². The summed E-state index contributed by atoms with van der Waals surface area (Å²) in [4.78, 5) is 44.1. The molecule has 3 aromatic rings. The van der Waals surface area contributed by atoms with E-state index >= 15 is 0 Å². The van der Waals surface area contributed by atoms with Crippen LogP contribution in [-0.4, -0.2) is 63.6 Å². The second-order valence-corrected chi connectivity index (χ2v) is 6.61. The van der Waals surface area contributed by atoms with Crippen molar-refractivity contribution in [1.29, 1.82) is 0 Å². The van der Waals surface area contributed by atoms with E-state index in [9.17, 15) is 18.8 Å². The largest absolute Gasteiger partial charge is 0.342 e. The molecule has 1 aliphatic heterocycles. The van der Waals surface area contributed by atoms with Gasteiger partial charge in [-0.3, -0.25) is 18.8 Å². The minimum Gasteiger partial charge on any atom is -0.342 e. The van der Waals surface area contributed by atoms with Crippen LogP contribution in [0.1, 0.15) is 21.1 Å². The molecule has 0 atom stereocenters. The van der Waals surface area contributed by atoms with Crippen LogP contribution in [0.2, 0.25) is 0 Å². The van der Waals surface area contributed by atoms with Crippen LogP contribution >= 0.6 is 0 Å². The van der Waals surface area contributed by atoms with E-state index in [1.165, 1.54) is 18.2 Å². The van der Waals surface area contributed by atoms with E-state index in [2.05, 4.69) is 10.3 Å². The quantitative estimate of drug-likeness (QED) is 0.681. The van der Waals surface area contributed by atoms with Gasteiger partial charge in [-0.15, -0.1) is 0 Å². The lowest BCUT2D eigenvalue weighted by atomic mass is 10.2. The topological polar surface area (TPSA) is 87.0 Å². The standard InChI is InChI=1S/C20H18FN5O3/c21-14-5-1-2-6-15(14)22-19(28)17-16-7-3-4-8-26(16)18(23-17)20(29)25-11-9-24(13-27)10-12-25/h1-8,13H,9-12H2,(H,22,28). The minimum atomic E-state index is -0.608. The molecule has 4 rings (SSSR count). The summed E-state index contributed by atoms with van der Waals surface area (Å²) in [5.74, 6) is -1.40. The number of pyridine rings is 1. The second-order valence-electron chi connectivity index (χ2n) is 6.61. The zero-order valence-corrected chi connectivity index (χ0v) is 15.4. The lowest BCUT2D eigenvalue weighted by Gasteiger charge is -2.32. The Morgan fingerprint density at radius 3 is 2.48 bits per heavy atom. The molecule has 0 saturated carbocycles. The van der Waals surface area contributed by atoms with E-state index in [4.69, 9.17) is 0 Å². The number of carbonyl (C=O) groups excluding carboxylic acids is 3. The van der Waals surface area contributed by atoms with E-state index in [0.717, 1.165) is 6.41 Å². The van der Waals surface area contributed by atoms with Gasteiger partial charge in [-0.25, -0.2) is 9.37 Å². The number of halogens is 1. The molecule has 0 radical (unpaired) electrons. The van der Waals surface area contributed by atoms with Crippen molar-refractivity contribution in [3.8, 4) is 0 Å². The third kappa shape index (κ3) is 3.54. The van der Waals surface area contributed by atoms with Gasteiger partial charge in [0.1, 0.15) is 5.82 Å². The Morgan fingerprint density at radius 2 is 1.76 bits per heavy atom. The van der Waals surface area contributed by atoms with E-state index in [1.807, 2.05) is 0 Å². The number of rotatable bonds is 4. The Hall–Kier alpha value is -3.75. The Bertz CT molecular complexity index is 1090. The van der Waals surface area contributed by atoms with Crippen LogP contribution in [0.15, 0.2) is 48.7 Å². The summed E-state index contributed by atoms with van der Waals surface area (Å²) in [6.07, 6.45) is 2.41. The number of hydrogen-bond acceptors (Lipinski definition) is 4. The first-order valence-corrected chi connectivity index (χ1v) is 9.10. The number of benzene rings is 1. The van der Waals surface area contributed by atoms with Crippen LogP contribution < -0.4 is 5.32 Å². The lowest BCUT2D eigenvalue weighted by Crippen LogP contribution is -2.48. The fraction of sp³-hybridized carbons (Fsp3) is 0.200. The molecule has 1 aromatic carbocycles. The zero-order chi connectivity index (χ0) is 20.4. The second kappa shape index (κ2) is 7.70. The molecule has 2 aromatic heterocycles. The van der Waals surface area contributed by atoms with Crippen LogP contribution in [0.3, 0.4) is 0 Å². The highest BCUT2D eigenvalue weighted by Crippen LogP contribution is 2.19. The average molecular weight is 395 g/mol. The van der Waals surface area contributed by atoms with Gasteiger partial charge in [0.2, 0.25) is 12.2 Å². The van der Waals surface area contributed by atoms with E-state index in [0.29, 0.717) is 31.7 Å². The molecule has 0 bridgehead atoms. The Kier molecular flexibility index (Phi) is 4.94. The molecule has 8 nitrogen and oxygen atoms in total. The third-order valence-corrected chi connectivity index (χ3v) is 4.83. The van der Waals surface area contributed by atoms with Gasteiger partial charge in [0.05, 0.1) is 11.2 Å². The van der Waals surface area contributed by atoms with Crippen molar-refractivity contribution in [2.24, 2.45) is 0 Å². The number of hydrogen-bond donors (Lipinski definition) is 1. The monoisotopic (exact) mass is 395 g/mol. The van der Waals surface area contributed by atoms with Crippen LogP contribution in [0.5, 0.6) is 0 Å². The molecule has 29 heavy (non-hydrogen) atoms. The summed E-state index contributed by atoms with van der Waals surface area (Å²) in [6, 6.07) is 11.0. The molecule has 3 amide bonds. The summed E-state index contributed by atoms with van der Waals surface area (Å²) < 4.78 is 15.4. The number of aromatic nitrogens is 2. The van der Waals surface area contributed by atoms with Gasteiger partial charge in [0.15, 0.2) is 5.69 Å². The van der Waals surface area contributed by atoms with Crippen molar-refractivity contribution in [2.45, 2.75) is 0 Å². The normalized spacial score (nSPS) is 14.1. The first-order chi connectivity index (χ1) is 14.1. The van der Waals surface area contributed by atoms with Gasteiger partial charge in [-0.2, -0.15) is 0 Å². The van der Waals surface area contributed by atoms with Crippen LogP contribution in [0.4, 0.5) is 10.1 Å². The third-order valence-electron chi connectivity index (χ3n) is 4.83. The molecule has 1 fully saturated rings. The van der Waals surface area contributed by atoms with Crippen LogP contribution in [0.25, 0.3) is 5.52 Å². The molecule has 0 spiro atoms. The lowest BCUT2D eigenvalue weighted by molar-refractivity contribution is -0.119. The molecule has 3 heterocycles. The maximum Gasteiger partial charge on any atom is 0.290 e. The number of fused-ring (bicyclic) bond motifs is 1. The Morgan fingerprint density at radius 1 is 1.03 bits per heavy atom. The number of piperazine rings is 1. The predicted molar refractivity (Wildman–Crippen MR) is 103 cm³/mol.